The van der Waals surface area contributed by atoms with Crippen LogP contribution in [-0.2, 0) is 4.79 Å². The number of aliphatic hydroxyl groups excluding tert-OH is 1. The van der Waals surface area contributed by atoms with E-state index in [9.17, 15) is 14.7 Å². The van der Waals surface area contributed by atoms with E-state index < -0.39 is 18.1 Å². The third kappa shape index (κ3) is 2.82. The van der Waals surface area contributed by atoms with Gasteiger partial charge < -0.3 is 24.9 Å². The SMILES string of the molecule is CC1CN(C(=O)N2C[C@@H](O)C[C@H]2C(=O)O)CCN1C. The second-order valence-electron chi connectivity index (χ2n) is 5.45. The summed E-state index contributed by atoms with van der Waals surface area (Å²) in [5.74, 6) is -1.05. The molecule has 0 spiro atoms. The Bertz CT molecular complexity index is 376. The molecule has 108 valence electrons. The normalized spacial score (nSPS) is 32.7. The Morgan fingerprint density at radius 2 is 1.89 bits per heavy atom. The van der Waals surface area contributed by atoms with E-state index >= 15 is 0 Å². The molecule has 0 aliphatic carbocycles. The zero-order valence-electron chi connectivity index (χ0n) is 11.3. The fourth-order valence-electron chi connectivity index (χ4n) is 2.66. The van der Waals surface area contributed by atoms with Crippen molar-refractivity contribution in [2.24, 2.45) is 0 Å². The summed E-state index contributed by atoms with van der Waals surface area (Å²) in [7, 11) is 2.01. The van der Waals surface area contributed by atoms with Crippen LogP contribution in [0.5, 0.6) is 0 Å². The lowest BCUT2D eigenvalue weighted by Gasteiger charge is -2.39. The van der Waals surface area contributed by atoms with Crippen molar-refractivity contribution in [3.05, 3.63) is 0 Å². The summed E-state index contributed by atoms with van der Waals surface area (Å²) in [6.45, 7) is 4.11. The standard InChI is InChI=1S/C12H21N3O4/c1-8-6-14(4-3-13(8)2)12(19)15-7-9(16)5-10(15)11(17)18/h8-10,16H,3-7H2,1-2H3,(H,17,18)/t8?,9-,10-/m0/s1. The van der Waals surface area contributed by atoms with E-state index in [1.807, 2.05) is 14.0 Å². The van der Waals surface area contributed by atoms with Crippen molar-refractivity contribution in [3.63, 3.8) is 0 Å². The lowest BCUT2D eigenvalue weighted by atomic mass is 10.2. The zero-order chi connectivity index (χ0) is 14.2. The summed E-state index contributed by atoms with van der Waals surface area (Å²) in [6, 6.07) is -0.921. The number of nitrogens with zero attached hydrogens (tertiary/aromatic N) is 3. The predicted molar refractivity (Wildman–Crippen MR) is 67.8 cm³/mol. The minimum atomic E-state index is -1.05. The molecule has 1 unspecified atom stereocenters. The molecule has 0 bridgehead atoms. The number of amides is 2. The van der Waals surface area contributed by atoms with Gasteiger partial charge in [0.2, 0.25) is 0 Å². The Morgan fingerprint density at radius 1 is 1.21 bits per heavy atom. The quantitative estimate of drug-likeness (QED) is 0.656. The number of piperazine rings is 1. The third-order valence-corrected chi connectivity index (χ3v) is 4.04. The fraction of sp³-hybridized carbons (Fsp3) is 0.833. The maximum Gasteiger partial charge on any atom is 0.326 e. The molecule has 7 nitrogen and oxygen atoms in total. The topological polar surface area (TPSA) is 84.3 Å². The minimum absolute atomic E-state index is 0.108. The van der Waals surface area contributed by atoms with Crippen molar-refractivity contribution in [3.8, 4) is 0 Å². The molecule has 2 N–H and O–H groups in total. The van der Waals surface area contributed by atoms with Gasteiger partial charge in [-0.3, -0.25) is 0 Å². The fourth-order valence-corrected chi connectivity index (χ4v) is 2.66. The monoisotopic (exact) mass is 271 g/mol. The number of urea groups is 1. The highest BCUT2D eigenvalue weighted by Gasteiger charge is 2.41. The van der Waals surface area contributed by atoms with Crippen LogP contribution in [0.3, 0.4) is 0 Å². The molecule has 3 atom stereocenters. The molecule has 2 amide bonds. The van der Waals surface area contributed by atoms with E-state index in [1.54, 1.807) is 4.90 Å². The highest BCUT2D eigenvalue weighted by Crippen LogP contribution is 2.21. The molecule has 2 aliphatic rings. The molecule has 2 heterocycles. The average molecular weight is 271 g/mol. The van der Waals surface area contributed by atoms with Crippen molar-refractivity contribution in [2.75, 3.05) is 33.2 Å². The number of hydrogen-bond acceptors (Lipinski definition) is 4. The van der Waals surface area contributed by atoms with Gasteiger partial charge in [-0.25, -0.2) is 9.59 Å². The van der Waals surface area contributed by atoms with Gasteiger partial charge in [0.15, 0.2) is 0 Å². The Labute approximate surface area is 112 Å². The van der Waals surface area contributed by atoms with Crippen LogP contribution in [0.4, 0.5) is 4.79 Å². The van der Waals surface area contributed by atoms with Crippen LogP contribution in [0.15, 0.2) is 0 Å². The van der Waals surface area contributed by atoms with E-state index in [-0.39, 0.29) is 25.0 Å². The number of likely N-dealkylation sites (tertiary alicyclic amines) is 1. The third-order valence-electron chi connectivity index (χ3n) is 4.04. The van der Waals surface area contributed by atoms with Crippen LogP contribution in [0.1, 0.15) is 13.3 Å². The van der Waals surface area contributed by atoms with Crippen molar-refractivity contribution in [1.29, 1.82) is 0 Å². The average Bonchev–Trinajstić information content (AvgIpc) is 2.74. The van der Waals surface area contributed by atoms with Gasteiger partial charge in [-0.15, -0.1) is 0 Å². The molecular weight excluding hydrogens is 250 g/mol. The first-order valence-electron chi connectivity index (χ1n) is 6.56. The number of aliphatic carboxylic acids is 1. The molecule has 2 fully saturated rings. The highest BCUT2D eigenvalue weighted by molar-refractivity contribution is 5.83. The Morgan fingerprint density at radius 3 is 2.47 bits per heavy atom. The maximum atomic E-state index is 12.4. The summed E-state index contributed by atoms with van der Waals surface area (Å²) >= 11 is 0. The maximum absolute atomic E-state index is 12.4. The Hall–Kier alpha value is -1.34. The summed E-state index contributed by atoms with van der Waals surface area (Å²) in [6.07, 6.45) is -0.625. The first-order valence-corrected chi connectivity index (χ1v) is 6.56. The van der Waals surface area contributed by atoms with Gasteiger partial charge in [-0.1, -0.05) is 0 Å². The second-order valence-corrected chi connectivity index (χ2v) is 5.45. The van der Waals surface area contributed by atoms with Crippen LogP contribution < -0.4 is 0 Å². The lowest BCUT2D eigenvalue weighted by Crippen LogP contribution is -2.56. The lowest BCUT2D eigenvalue weighted by molar-refractivity contribution is -0.141. The number of carbonyl (C=O) groups is 2. The smallest absolute Gasteiger partial charge is 0.326 e. The number of aliphatic hydroxyl groups is 1. The molecule has 2 saturated heterocycles. The number of carboxylic acid groups (broad SMARTS) is 1. The van der Waals surface area contributed by atoms with E-state index in [0.717, 1.165) is 6.54 Å². The largest absolute Gasteiger partial charge is 0.480 e. The van der Waals surface area contributed by atoms with Gasteiger partial charge in [0.25, 0.3) is 0 Å². The van der Waals surface area contributed by atoms with Gasteiger partial charge in [0, 0.05) is 38.6 Å². The van der Waals surface area contributed by atoms with E-state index in [0.29, 0.717) is 13.1 Å². The van der Waals surface area contributed by atoms with Crippen molar-refractivity contribution in [2.45, 2.75) is 31.5 Å². The number of carbonyl (C=O) groups excluding carboxylic acids is 1. The molecule has 0 radical (unpaired) electrons. The predicted octanol–water partition coefficient (Wildman–Crippen LogP) is -0.738. The van der Waals surface area contributed by atoms with Crippen LogP contribution >= 0.6 is 0 Å². The van der Waals surface area contributed by atoms with E-state index in [1.165, 1.54) is 4.90 Å². The number of likely N-dealkylation sites (N-methyl/N-ethyl adjacent to an activating group) is 1. The first-order chi connectivity index (χ1) is 8.90. The molecular formula is C12H21N3O4. The summed E-state index contributed by atoms with van der Waals surface area (Å²) < 4.78 is 0. The Balaban J connectivity index is 2.04. The van der Waals surface area contributed by atoms with Crippen LogP contribution in [-0.4, -0.2) is 88.3 Å². The number of β-amino-alcohol motifs (C(OH)–C–C–N with tert-alkyl or cyclic N) is 1. The summed E-state index contributed by atoms with van der Waals surface area (Å²) in [4.78, 5) is 28.6. The number of rotatable bonds is 1. The van der Waals surface area contributed by atoms with Crippen molar-refractivity contribution < 1.29 is 19.8 Å². The van der Waals surface area contributed by atoms with Gasteiger partial charge in [0.1, 0.15) is 6.04 Å². The molecule has 19 heavy (non-hydrogen) atoms. The number of carboxylic acids is 1. The first kappa shape index (κ1) is 14.1. The number of hydrogen-bond donors (Lipinski definition) is 2. The van der Waals surface area contributed by atoms with Gasteiger partial charge in [0.05, 0.1) is 6.10 Å². The highest BCUT2D eigenvalue weighted by atomic mass is 16.4. The van der Waals surface area contributed by atoms with Crippen LogP contribution in [0, 0.1) is 0 Å². The van der Waals surface area contributed by atoms with E-state index in [4.69, 9.17) is 5.11 Å². The van der Waals surface area contributed by atoms with Gasteiger partial charge in [-0.05, 0) is 14.0 Å². The molecule has 0 saturated carbocycles. The molecule has 2 aliphatic heterocycles. The molecule has 0 aromatic heterocycles. The van der Waals surface area contributed by atoms with Crippen LogP contribution in [0.2, 0.25) is 0 Å². The van der Waals surface area contributed by atoms with Gasteiger partial charge >= 0.3 is 12.0 Å². The van der Waals surface area contributed by atoms with Gasteiger partial charge in [-0.2, -0.15) is 0 Å². The molecule has 0 aromatic carbocycles. The molecule has 7 heteroatoms. The zero-order valence-corrected chi connectivity index (χ0v) is 11.3. The summed E-state index contributed by atoms with van der Waals surface area (Å²) in [5, 5.41) is 18.7. The Kier molecular flexibility index (Phi) is 3.96. The second kappa shape index (κ2) is 5.34. The van der Waals surface area contributed by atoms with Crippen molar-refractivity contribution >= 4 is 12.0 Å². The summed E-state index contributed by atoms with van der Waals surface area (Å²) in [5.41, 5.74) is 0. The minimum Gasteiger partial charge on any atom is -0.480 e. The molecule has 0 aromatic rings. The molecule has 2 rings (SSSR count). The van der Waals surface area contributed by atoms with Crippen molar-refractivity contribution in [1.82, 2.24) is 14.7 Å². The van der Waals surface area contributed by atoms with Crippen LogP contribution in [0.25, 0.3) is 0 Å². The van der Waals surface area contributed by atoms with E-state index in [2.05, 4.69) is 4.90 Å².